The van der Waals surface area contributed by atoms with Crippen LogP contribution in [0.25, 0.3) is 11.1 Å². The number of benzene rings is 4. The van der Waals surface area contributed by atoms with Gasteiger partial charge in [0.1, 0.15) is 5.75 Å². The largest absolute Gasteiger partial charge is 0.543 e. The van der Waals surface area contributed by atoms with Crippen molar-refractivity contribution in [3.05, 3.63) is 137 Å². The molecular weight excluding hydrogens is 448 g/mol. The normalized spacial score (nSPS) is 10.9. The second-order valence-electron chi connectivity index (χ2n) is 9.28. The molecule has 0 heterocycles. The highest BCUT2D eigenvalue weighted by Gasteiger charge is 2.23. The lowest BCUT2D eigenvalue weighted by molar-refractivity contribution is 0.112. The van der Waals surface area contributed by atoms with E-state index in [-0.39, 0.29) is 0 Å². The summed E-state index contributed by atoms with van der Waals surface area (Å²) in [5.74, 6) is 0.367. The molecule has 0 N–H and O–H groups in total. The zero-order valence-electron chi connectivity index (χ0n) is 20.2. The molecule has 35 heavy (non-hydrogen) atoms. The van der Waals surface area contributed by atoms with Crippen LogP contribution in [0.1, 0.15) is 43.0 Å². The summed E-state index contributed by atoms with van der Waals surface area (Å²) in [6.45, 7) is 6.09. The molecule has 0 aliphatic carbocycles. The number of carbonyl (C=O) groups excluding carboxylic acids is 2. The van der Waals surface area contributed by atoms with E-state index >= 15 is 0 Å². The molecule has 174 valence electrons. The van der Waals surface area contributed by atoms with Gasteiger partial charge in [-0.1, -0.05) is 91.0 Å². The third-order valence-corrected chi connectivity index (χ3v) is 6.35. The van der Waals surface area contributed by atoms with Gasteiger partial charge in [-0.2, -0.15) is 0 Å². The Kier molecular flexibility index (Phi) is 7.23. The van der Waals surface area contributed by atoms with E-state index in [0.29, 0.717) is 16.9 Å². The molecule has 0 saturated carbocycles. The molecule has 0 aromatic heterocycles. The SMILES string of the molecule is C[Si](C)(C)Oc1c(C=O)cc(C(=C(c2ccccc2)c2ccccc2)c2ccccc2)cc1C=O. The molecule has 0 saturated heterocycles. The standard InChI is InChI=1S/C31H28O3Si/c1-35(2,3)34-31-27(21-32)19-26(20-28(31)22-33)30(25-17-11-6-12-18-25)29(23-13-7-4-8-14-23)24-15-9-5-10-16-24/h4-22H,1-3H3. The first-order chi connectivity index (χ1) is 16.9. The third kappa shape index (κ3) is 5.56. The summed E-state index contributed by atoms with van der Waals surface area (Å²) in [4.78, 5) is 24.4. The van der Waals surface area contributed by atoms with Gasteiger partial charge in [-0.3, -0.25) is 9.59 Å². The van der Waals surface area contributed by atoms with Crippen molar-refractivity contribution in [3.8, 4) is 5.75 Å². The minimum Gasteiger partial charge on any atom is -0.543 e. The van der Waals surface area contributed by atoms with Gasteiger partial charge in [0.05, 0.1) is 11.1 Å². The van der Waals surface area contributed by atoms with E-state index in [1.807, 2.05) is 86.4 Å². The fourth-order valence-electron chi connectivity index (χ4n) is 4.14. The fraction of sp³-hybridized carbons (Fsp3) is 0.0968. The maximum Gasteiger partial charge on any atom is 0.242 e. The fourth-order valence-corrected chi connectivity index (χ4v) is 4.99. The highest BCUT2D eigenvalue weighted by Crippen LogP contribution is 2.39. The van der Waals surface area contributed by atoms with Crippen LogP contribution >= 0.6 is 0 Å². The monoisotopic (exact) mass is 476 g/mol. The van der Waals surface area contributed by atoms with Crippen LogP contribution in [0.3, 0.4) is 0 Å². The molecule has 0 fully saturated rings. The Balaban J connectivity index is 2.11. The summed E-state index contributed by atoms with van der Waals surface area (Å²) in [6.07, 6.45) is 1.55. The van der Waals surface area contributed by atoms with E-state index in [4.69, 9.17) is 4.43 Å². The number of rotatable bonds is 8. The molecule has 0 unspecified atom stereocenters. The first-order valence-corrected chi connectivity index (χ1v) is 15.0. The van der Waals surface area contributed by atoms with Crippen molar-refractivity contribution in [3.63, 3.8) is 0 Å². The van der Waals surface area contributed by atoms with Gasteiger partial charge in [-0.15, -0.1) is 0 Å². The predicted octanol–water partition coefficient (Wildman–Crippen LogP) is 7.53. The molecule has 0 amide bonds. The van der Waals surface area contributed by atoms with Crippen molar-refractivity contribution in [1.82, 2.24) is 0 Å². The van der Waals surface area contributed by atoms with Crippen LogP contribution in [0.15, 0.2) is 103 Å². The molecule has 0 aliphatic rings. The number of hydrogen-bond donors (Lipinski definition) is 0. The number of carbonyl (C=O) groups is 2. The minimum absolute atomic E-state index is 0.367. The van der Waals surface area contributed by atoms with Gasteiger partial charge in [-0.05, 0) is 65.2 Å². The summed E-state index contributed by atoms with van der Waals surface area (Å²) in [7, 11) is -2.06. The van der Waals surface area contributed by atoms with E-state index in [9.17, 15) is 9.59 Å². The van der Waals surface area contributed by atoms with E-state index in [1.165, 1.54) is 0 Å². The number of hydrogen-bond acceptors (Lipinski definition) is 3. The Hall–Kier alpha value is -4.02. The van der Waals surface area contributed by atoms with E-state index in [2.05, 4.69) is 36.4 Å². The van der Waals surface area contributed by atoms with Crippen LogP contribution in [0.4, 0.5) is 0 Å². The van der Waals surface area contributed by atoms with Crippen LogP contribution < -0.4 is 4.43 Å². The zero-order chi connectivity index (χ0) is 24.8. The van der Waals surface area contributed by atoms with Gasteiger partial charge in [-0.25, -0.2) is 0 Å². The Morgan fingerprint density at radius 3 is 1.23 bits per heavy atom. The Morgan fingerprint density at radius 1 is 0.571 bits per heavy atom. The maximum atomic E-state index is 12.2. The molecule has 0 spiro atoms. The van der Waals surface area contributed by atoms with E-state index in [1.54, 1.807) is 0 Å². The molecular formula is C31H28O3Si. The number of aldehydes is 2. The topological polar surface area (TPSA) is 43.4 Å². The average molecular weight is 477 g/mol. The minimum atomic E-state index is -2.06. The van der Waals surface area contributed by atoms with Crippen molar-refractivity contribution in [2.45, 2.75) is 19.6 Å². The molecule has 0 bridgehead atoms. The average Bonchev–Trinajstić information content (AvgIpc) is 2.88. The van der Waals surface area contributed by atoms with Crippen molar-refractivity contribution >= 4 is 32.0 Å². The molecule has 4 heteroatoms. The van der Waals surface area contributed by atoms with Crippen molar-refractivity contribution in [1.29, 1.82) is 0 Å². The lowest BCUT2D eigenvalue weighted by Gasteiger charge is -2.24. The van der Waals surface area contributed by atoms with E-state index < -0.39 is 8.32 Å². The molecule has 4 aromatic carbocycles. The van der Waals surface area contributed by atoms with Crippen molar-refractivity contribution in [2.24, 2.45) is 0 Å². The Labute approximate surface area is 207 Å². The summed E-state index contributed by atoms with van der Waals surface area (Å²) < 4.78 is 6.18. The molecule has 0 atom stereocenters. The first-order valence-electron chi connectivity index (χ1n) is 11.6. The van der Waals surface area contributed by atoms with Gasteiger partial charge in [0.15, 0.2) is 12.6 Å². The van der Waals surface area contributed by atoms with Gasteiger partial charge in [0.25, 0.3) is 0 Å². The van der Waals surface area contributed by atoms with Gasteiger partial charge >= 0.3 is 0 Å². The predicted molar refractivity (Wildman–Crippen MR) is 146 cm³/mol. The molecule has 0 radical (unpaired) electrons. The molecule has 4 rings (SSSR count). The van der Waals surface area contributed by atoms with Crippen LogP contribution in [0.5, 0.6) is 5.75 Å². The van der Waals surface area contributed by atoms with Crippen LogP contribution in [-0.2, 0) is 0 Å². The quantitative estimate of drug-likeness (QED) is 0.150. The first kappa shape index (κ1) is 24.1. The molecule has 0 aliphatic heterocycles. The second-order valence-corrected chi connectivity index (χ2v) is 13.7. The summed E-state index contributed by atoms with van der Waals surface area (Å²) in [5, 5.41) is 0. The lowest BCUT2D eigenvalue weighted by atomic mass is 9.85. The molecule has 3 nitrogen and oxygen atoms in total. The highest BCUT2D eigenvalue weighted by atomic mass is 28.4. The summed E-state index contributed by atoms with van der Waals surface area (Å²) >= 11 is 0. The van der Waals surface area contributed by atoms with Crippen molar-refractivity contribution in [2.75, 3.05) is 0 Å². The van der Waals surface area contributed by atoms with Gasteiger partial charge in [0.2, 0.25) is 8.32 Å². The summed E-state index contributed by atoms with van der Waals surface area (Å²) in [5.41, 5.74) is 6.56. The van der Waals surface area contributed by atoms with Crippen molar-refractivity contribution < 1.29 is 14.0 Å². The molecule has 4 aromatic rings. The highest BCUT2D eigenvalue weighted by molar-refractivity contribution is 6.70. The van der Waals surface area contributed by atoms with Gasteiger partial charge < -0.3 is 4.43 Å². The van der Waals surface area contributed by atoms with E-state index in [0.717, 1.165) is 46.0 Å². The zero-order valence-corrected chi connectivity index (χ0v) is 21.2. The van der Waals surface area contributed by atoms with Crippen LogP contribution in [0, 0.1) is 0 Å². The van der Waals surface area contributed by atoms with Crippen LogP contribution in [0.2, 0.25) is 19.6 Å². The third-order valence-electron chi connectivity index (χ3n) is 5.53. The smallest absolute Gasteiger partial charge is 0.242 e. The Bertz CT molecular complexity index is 1280. The maximum absolute atomic E-state index is 12.2. The van der Waals surface area contributed by atoms with Crippen LogP contribution in [-0.4, -0.2) is 20.9 Å². The lowest BCUT2D eigenvalue weighted by Crippen LogP contribution is -2.30. The Morgan fingerprint density at radius 2 is 0.914 bits per heavy atom. The second kappa shape index (κ2) is 10.5. The van der Waals surface area contributed by atoms with Gasteiger partial charge in [0, 0.05) is 0 Å². The summed E-state index contributed by atoms with van der Waals surface area (Å²) in [6, 6.07) is 34.1.